The fourth-order valence-corrected chi connectivity index (χ4v) is 2.85. The number of hydrogen-bond acceptors (Lipinski definition) is 2. The normalized spacial score (nSPS) is 10.8. The molecule has 0 radical (unpaired) electrons. The number of fused-ring (bicyclic) bond motifs is 1. The van der Waals surface area contributed by atoms with Crippen LogP contribution in [-0.2, 0) is 6.54 Å². The number of hydrogen-bond donors (Lipinski definition) is 0. The zero-order valence-corrected chi connectivity index (χ0v) is 13.1. The molecule has 3 nitrogen and oxygen atoms in total. The third kappa shape index (κ3) is 2.84. The van der Waals surface area contributed by atoms with Crippen molar-refractivity contribution in [1.29, 1.82) is 0 Å². The molecule has 0 bridgehead atoms. The van der Waals surface area contributed by atoms with E-state index in [1.165, 1.54) is 5.56 Å². The van der Waals surface area contributed by atoms with Crippen LogP contribution >= 0.6 is 0 Å². The Labute approximate surface area is 140 Å². The minimum atomic E-state index is -0.186. The van der Waals surface area contributed by atoms with Gasteiger partial charge in [-0.3, -0.25) is 4.79 Å². The highest BCUT2D eigenvalue weighted by Crippen LogP contribution is 2.23. The van der Waals surface area contributed by atoms with Crippen molar-refractivity contribution in [2.75, 3.05) is 0 Å². The quantitative estimate of drug-likeness (QED) is 0.572. The van der Waals surface area contributed by atoms with Crippen LogP contribution in [0.3, 0.4) is 0 Å². The van der Waals surface area contributed by atoms with Crippen LogP contribution in [0.2, 0.25) is 0 Å². The van der Waals surface area contributed by atoms with Crippen LogP contribution in [0, 0.1) is 0 Å². The van der Waals surface area contributed by atoms with E-state index in [9.17, 15) is 4.79 Å². The lowest BCUT2D eigenvalue weighted by atomic mass is 10.0. The zero-order valence-electron chi connectivity index (χ0n) is 13.1. The molecule has 24 heavy (non-hydrogen) atoms. The second-order valence-corrected chi connectivity index (χ2v) is 5.78. The van der Waals surface area contributed by atoms with E-state index in [1.54, 1.807) is 0 Å². The van der Waals surface area contributed by atoms with Gasteiger partial charge < -0.3 is 4.57 Å². The smallest absolute Gasteiger partial charge is 0.279 e. The van der Waals surface area contributed by atoms with Gasteiger partial charge in [0.05, 0.1) is 11.3 Å². The van der Waals surface area contributed by atoms with Crippen LogP contribution in [0.15, 0.2) is 90.0 Å². The number of aromatic nitrogens is 2. The van der Waals surface area contributed by atoms with Crippen LogP contribution in [0.4, 0.5) is 0 Å². The maximum atomic E-state index is 12.5. The average molecular weight is 312 g/mol. The second kappa shape index (κ2) is 6.13. The summed E-state index contributed by atoms with van der Waals surface area (Å²) in [4.78, 5) is 16.7. The fourth-order valence-electron chi connectivity index (χ4n) is 2.85. The van der Waals surface area contributed by atoms with Crippen molar-refractivity contribution in [3.05, 3.63) is 101 Å². The van der Waals surface area contributed by atoms with Crippen molar-refractivity contribution >= 4 is 0 Å². The summed E-state index contributed by atoms with van der Waals surface area (Å²) < 4.78 is 2.02. The molecule has 0 amide bonds. The molecule has 0 aliphatic carbocycles. The largest absolute Gasteiger partial charge is 0.349 e. The molecular formula is C21H16N2O. The Kier molecular flexibility index (Phi) is 3.67. The van der Waals surface area contributed by atoms with Crippen molar-refractivity contribution in [3.63, 3.8) is 0 Å². The first-order valence-corrected chi connectivity index (χ1v) is 7.90. The molecule has 0 spiro atoms. The lowest BCUT2D eigenvalue weighted by molar-refractivity contribution is 0.790. The summed E-state index contributed by atoms with van der Waals surface area (Å²) in [7, 11) is 0. The molecule has 0 N–H and O–H groups in total. The van der Waals surface area contributed by atoms with Gasteiger partial charge in [-0.25, -0.2) is 4.98 Å². The van der Waals surface area contributed by atoms with E-state index in [2.05, 4.69) is 17.1 Å². The van der Waals surface area contributed by atoms with Gasteiger partial charge in [-0.1, -0.05) is 60.7 Å². The van der Waals surface area contributed by atoms with Crippen molar-refractivity contribution in [2.24, 2.45) is 0 Å². The molecule has 2 aromatic rings. The van der Waals surface area contributed by atoms with Gasteiger partial charge in [0.2, 0.25) is 0 Å². The minimum absolute atomic E-state index is 0.186. The SMILES string of the molecule is O=c1nc(-c2ccccc2)cc2ccn(Cc3ccccc3)cc1-2. The molecule has 2 heterocycles. The Bertz CT molecular complexity index is 991. The van der Waals surface area contributed by atoms with Crippen LogP contribution < -0.4 is 5.56 Å². The average Bonchev–Trinajstić information content (AvgIpc) is 2.64. The number of benzene rings is 2. The molecule has 116 valence electrons. The fraction of sp³-hybridized carbons (Fsp3) is 0.0476. The standard InChI is InChI=1S/C21H16N2O/c24-21-19-15-23(14-16-7-3-1-4-8-16)12-11-18(19)13-20(22-21)17-9-5-2-6-10-17/h1-13,15H,14H2. The molecule has 0 atom stereocenters. The van der Waals surface area contributed by atoms with Crippen molar-refractivity contribution in [3.8, 4) is 22.4 Å². The van der Waals surface area contributed by atoms with Gasteiger partial charge in [-0.05, 0) is 23.3 Å². The predicted octanol–water partition coefficient (Wildman–Crippen LogP) is 4.06. The summed E-state index contributed by atoms with van der Waals surface area (Å²) in [5, 5.41) is 0. The lowest BCUT2D eigenvalue weighted by Crippen LogP contribution is -2.13. The number of rotatable bonds is 3. The first kappa shape index (κ1) is 14.4. The Morgan fingerprint density at radius 2 is 1.54 bits per heavy atom. The van der Waals surface area contributed by atoms with Crippen molar-refractivity contribution < 1.29 is 0 Å². The van der Waals surface area contributed by atoms with E-state index >= 15 is 0 Å². The Balaban J connectivity index is 1.75. The van der Waals surface area contributed by atoms with E-state index < -0.39 is 0 Å². The summed E-state index contributed by atoms with van der Waals surface area (Å²) >= 11 is 0. The topological polar surface area (TPSA) is 34.9 Å². The highest BCUT2D eigenvalue weighted by atomic mass is 16.1. The first-order valence-electron chi connectivity index (χ1n) is 7.90. The summed E-state index contributed by atoms with van der Waals surface area (Å²) in [5.74, 6) is 0. The van der Waals surface area contributed by atoms with Crippen LogP contribution in [0.5, 0.6) is 0 Å². The maximum absolute atomic E-state index is 12.5. The minimum Gasteiger partial charge on any atom is -0.349 e. The molecule has 4 rings (SSSR count). The van der Waals surface area contributed by atoms with Crippen LogP contribution in [-0.4, -0.2) is 9.55 Å². The van der Waals surface area contributed by atoms with E-state index in [-0.39, 0.29) is 5.56 Å². The summed E-state index contributed by atoms with van der Waals surface area (Å²) in [5.41, 5.74) is 4.25. The Morgan fingerprint density at radius 3 is 2.29 bits per heavy atom. The van der Waals surface area contributed by atoms with Gasteiger partial charge in [0.25, 0.3) is 5.56 Å². The molecule has 0 fully saturated rings. The van der Waals surface area contributed by atoms with Gasteiger partial charge >= 0.3 is 0 Å². The predicted molar refractivity (Wildman–Crippen MR) is 96.1 cm³/mol. The highest BCUT2D eigenvalue weighted by molar-refractivity contribution is 5.70. The molecule has 2 aromatic carbocycles. The molecule has 0 saturated carbocycles. The van der Waals surface area contributed by atoms with E-state index in [1.807, 2.05) is 77.6 Å². The van der Waals surface area contributed by atoms with Crippen LogP contribution in [0.25, 0.3) is 22.4 Å². The third-order valence-electron chi connectivity index (χ3n) is 4.07. The number of nitrogens with zero attached hydrogens (tertiary/aromatic N) is 2. The van der Waals surface area contributed by atoms with Crippen LogP contribution in [0.1, 0.15) is 5.56 Å². The van der Waals surface area contributed by atoms with E-state index in [0.717, 1.165) is 17.7 Å². The van der Waals surface area contributed by atoms with Gasteiger partial charge in [0.1, 0.15) is 0 Å². The monoisotopic (exact) mass is 312 g/mol. The highest BCUT2D eigenvalue weighted by Gasteiger charge is 2.11. The Morgan fingerprint density at radius 1 is 0.833 bits per heavy atom. The van der Waals surface area contributed by atoms with Gasteiger partial charge in [0.15, 0.2) is 0 Å². The van der Waals surface area contributed by atoms with Crippen molar-refractivity contribution in [2.45, 2.75) is 6.54 Å². The molecule has 0 unspecified atom stereocenters. The first-order chi connectivity index (χ1) is 11.8. The molecule has 3 heteroatoms. The molecular weight excluding hydrogens is 296 g/mol. The molecule has 0 saturated heterocycles. The zero-order chi connectivity index (χ0) is 16.4. The van der Waals surface area contributed by atoms with Gasteiger partial charge in [-0.15, -0.1) is 0 Å². The summed E-state index contributed by atoms with van der Waals surface area (Å²) in [6.45, 7) is 0.733. The van der Waals surface area contributed by atoms with E-state index in [4.69, 9.17) is 0 Å². The van der Waals surface area contributed by atoms with Gasteiger partial charge in [-0.2, -0.15) is 0 Å². The molecule has 2 aliphatic heterocycles. The third-order valence-corrected chi connectivity index (χ3v) is 4.07. The summed E-state index contributed by atoms with van der Waals surface area (Å²) in [6, 6.07) is 23.9. The maximum Gasteiger partial charge on any atom is 0.279 e. The second-order valence-electron chi connectivity index (χ2n) is 5.78. The molecule has 2 aliphatic rings. The van der Waals surface area contributed by atoms with Crippen molar-refractivity contribution in [1.82, 2.24) is 9.55 Å². The van der Waals surface area contributed by atoms with Gasteiger partial charge in [0, 0.05) is 24.5 Å². The summed E-state index contributed by atoms with van der Waals surface area (Å²) in [6.07, 6.45) is 3.88. The number of pyridine rings is 2. The Hall–Kier alpha value is -3.20. The van der Waals surface area contributed by atoms with E-state index in [0.29, 0.717) is 11.3 Å². The lowest BCUT2D eigenvalue weighted by Gasteiger charge is -2.12. The molecule has 0 aromatic heterocycles.